The van der Waals surface area contributed by atoms with Crippen LogP contribution in [0.1, 0.15) is 25.0 Å². The fourth-order valence-electron chi connectivity index (χ4n) is 5.93. The van der Waals surface area contributed by atoms with Gasteiger partial charge in [0.2, 0.25) is 35.6 Å². The van der Waals surface area contributed by atoms with E-state index in [9.17, 15) is 23.2 Å². The number of anilines is 3. The van der Waals surface area contributed by atoms with Gasteiger partial charge in [-0.3, -0.25) is 14.4 Å². The van der Waals surface area contributed by atoms with Crippen LogP contribution in [0.4, 0.5) is 26.6 Å². The molecule has 3 amide bonds. The maximum absolute atomic E-state index is 13.9. The van der Waals surface area contributed by atoms with Crippen LogP contribution < -0.4 is 15.5 Å². The number of nitrogen functional groups attached to an aromatic ring is 1. The lowest BCUT2D eigenvalue weighted by Crippen LogP contribution is -2.52. The van der Waals surface area contributed by atoms with E-state index in [1.54, 1.807) is 22.9 Å². The van der Waals surface area contributed by atoms with Crippen LogP contribution in [-0.2, 0) is 19.1 Å². The average molecular weight is 687 g/mol. The maximum Gasteiger partial charge on any atom is 0.281 e. The summed E-state index contributed by atoms with van der Waals surface area (Å²) >= 11 is 0. The Bertz CT molecular complexity index is 1510. The normalized spacial score (nSPS) is 17.8. The number of ether oxygens (including phenoxy) is 1. The fraction of sp³-hybridized carbons (Fsp3) is 0.613. The molecule has 0 unspecified atom stereocenters. The number of likely N-dealkylation sites (N-methyl/N-ethyl adjacent to an activating group) is 2. The topological polar surface area (TPSA) is 170 Å². The number of piperazine rings is 1. The van der Waals surface area contributed by atoms with E-state index < -0.39 is 12.1 Å². The molecule has 0 spiro atoms. The highest BCUT2D eigenvalue weighted by molar-refractivity contribution is 5.88. The maximum atomic E-state index is 13.9. The summed E-state index contributed by atoms with van der Waals surface area (Å²) in [4.78, 5) is 70.9. The van der Waals surface area contributed by atoms with Crippen molar-refractivity contribution in [2.24, 2.45) is 5.92 Å². The van der Waals surface area contributed by atoms with Gasteiger partial charge in [-0.25, -0.2) is 18.7 Å². The predicted molar refractivity (Wildman–Crippen MR) is 177 cm³/mol. The molecule has 3 fully saturated rings. The van der Waals surface area contributed by atoms with Gasteiger partial charge in [0.15, 0.2) is 5.82 Å². The van der Waals surface area contributed by atoms with E-state index in [0.717, 1.165) is 0 Å². The number of carbonyl (C=O) groups is 3. The summed E-state index contributed by atoms with van der Waals surface area (Å²) in [6.07, 6.45) is 2.76. The third-order valence-electron chi connectivity index (χ3n) is 8.74. The van der Waals surface area contributed by atoms with Crippen molar-refractivity contribution in [1.82, 2.24) is 44.5 Å². The number of morpholine rings is 1. The summed E-state index contributed by atoms with van der Waals surface area (Å²) in [6.45, 7) is 5.03. The zero-order chi connectivity index (χ0) is 35.1. The van der Waals surface area contributed by atoms with Crippen molar-refractivity contribution in [3.63, 3.8) is 0 Å². The van der Waals surface area contributed by atoms with Crippen LogP contribution in [0, 0.1) is 5.92 Å². The highest BCUT2D eigenvalue weighted by atomic mass is 19.3. The van der Waals surface area contributed by atoms with Gasteiger partial charge in [0.25, 0.3) is 6.43 Å². The molecule has 0 saturated carbocycles. The van der Waals surface area contributed by atoms with Gasteiger partial charge in [0.1, 0.15) is 5.69 Å². The van der Waals surface area contributed by atoms with Gasteiger partial charge in [-0.05, 0) is 26.9 Å². The Kier molecular flexibility index (Phi) is 11.8. The zero-order valence-corrected chi connectivity index (χ0v) is 28.2. The van der Waals surface area contributed by atoms with Crippen molar-refractivity contribution < 1.29 is 27.9 Å². The van der Waals surface area contributed by atoms with Crippen LogP contribution in [-0.4, -0.2) is 162 Å². The van der Waals surface area contributed by atoms with Crippen molar-refractivity contribution in [3.05, 3.63) is 24.0 Å². The second-order valence-electron chi connectivity index (χ2n) is 12.5. The molecular weight excluding hydrogens is 642 g/mol. The molecule has 0 aromatic carbocycles. The molecule has 0 bridgehead atoms. The molecule has 18 heteroatoms. The number of nitrogens with two attached hydrogens (primary N) is 1. The summed E-state index contributed by atoms with van der Waals surface area (Å²) in [5.74, 6) is -0.285. The second kappa shape index (κ2) is 16.2. The molecule has 2 aromatic heterocycles. The number of halogens is 2. The average Bonchev–Trinajstić information content (AvgIpc) is 3.11. The number of piperidine rings is 1. The molecule has 5 rings (SSSR count). The molecule has 3 aliphatic rings. The number of amides is 3. The van der Waals surface area contributed by atoms with Gasteiger partial charge >= 0.3 is 0 Å². The van der Waals surface area contributed by atoms with Crippen molar-refractivity contribution >= 4 is 35.6 Å². The molecular formula is C31H44F2N12O4. The lowest BCUT2D eigenvalue weighted by molar-refractivity contribution is -0.143. The second-order valence-corrected chi connectivity index (χ2v) is 12.5. The van der Waals surface area contributed by atoms with Gasteiger partial charge in [-0.15, -0.1) is 0 Å². The van der Waals surface area contributed by atoms with Crippen molar-refractivity contribution in [2.45, 2.75) is 19.3 Å². The molecule has 0 atom stereocenters. The Labute approximate surface area is 283 Å². The number of likely N-dealkylation sites (tertiary alicyclic amines) is 1. The third kappa shape index (κ3) is 9.11. The van der Waals surface area contributed by atoms with Gasteiger partial charge in [-0.1, -0.05) is 6.08 Å². The van der Waals surface area contributed by atoms with Crippen LogP contribution in [0.2, 0.25) is 0 Å². The first-order chi connectivity index (χ1) is 23.5. The minimum Gasteiger partial charge on any atom is -0.378 e. The molecule has 3 saturated heterocycles. The van der Waals surface area contributed by atoms with E-state index in [4.69, 9.17) is 10.5 Å². The minimum absolute atomic E-state index is 0.00331. The van der Waals surface area contributed by atoms with Gasteiger partial charge in [-0.2, -0.15) is 15.0 Å². The number of hydrogen-bond acceptors (Lipinski definition) is 13. The molecule has 266 valence electrons. The first-order valence-corrected chi connectivity index (χ1v) is 16.4. The first kappa shape index (κ1) is 35.7. The summed E-state index contributed by atoms with van der Waals surface area (Å²) in [5, 5.41) is 0. The van der Waals surface area contributed by atoms with Crippen LogP contribution >= 0.6 is 0 Å². The molecule has 0 radical (unpaired) electrons. The quantitative estimate of drug-likeness (QED) is 0.336. The molecule has 49 heavy (non-hydrogen) atoms. The Morgan fingerprint density at radius 3 is 2.16 bits per heavy atom. The number of carbonyl (C=O) groups excluding carboxylic acids is 3. The van der Waals surface area contributed by atoms with Crippen molar-refractivity contribution in [1.29, 1.82) is 0 Å². The largest absolute Gasteiger partial charge is 0.378 e. The Morgan fingerprint density at radius 2 is 1.55 bits per heavy atom. The van der Waals surface area contributed by atoms with Gasteiger partial charge in [0, 0.05) is 84.1 Å². The number of aromatic nitrogens is 5. The smallest absolute Gasteiger partial charge is 0.281 e. The van der Waals surface area contributed by atoms with Crippen molar-refractivity contribution in [2.75, 3.05) is 115 Å². The molecule has 2 aromatic rings. The van der Waals surface area contributed by atoms with E-state index in [1.165, 1.54) is 11.1 Å². The Morgan fingerprint density at radius 1 is 0.918 bits per heavy atom. The summed E-state index contributed by atoms with van der Waals surface area (Å²) in [7, 11) is 5.49. The highest BCUT2D eigenvalue weighted by Crippen LogP contribution is 2.30. The fourth-order valence-corrected chi connectivity index (χ4v) is 5.93. The van der Waals surface area contributed by atoms with Gasteiger partial charge in [0.05, 0.1) is 25.3 Å². The van der Waals surface area contributed by atoms with E-state index in [2.05, 4.69) is 24.9 Å². The van der Waals surface area contributed by atoms with Crippen LogP contribution in [0.5, 0.6) is 0 Å². The van der Waals surface area contributed by atoms with E-state index in [-0.39, 0.29) is 53.5 Å². The summed E-state index contributed by atoms with van der Waals surface area (Å²) in [6, 6.07) is 0. The highest BCUT2D eigenvalue weighted by Gasteiger charge is 2.31. The Balaban J connectivity index is 1.19. The summed E-state index contributed by atoms with van der Waals surface area (Å²) in [5.41, 5.74) is 4.97. The van der Waals surface area contributed by atoms with Crippen LogP contribution in [0.3, 0.4) is 0 Å². The third-order valence-corrected chi connectivity index (χ3v) is 8.74. The molecule has 0 aliphatic carbocycles. The first-order valence-electron chi connectivity index (χ1n) is 16.4. The summed E-state index contributed by atoms with van der Waals surface area (Å²) < 4.78 is 33.3. The van der Waals surface area contributed by atoms with Crippen molar-refractivity contribution in [3.8, 4) is 11.4 Å². The predicted octanol–water partition coefficient (Wildman–Crippen LogP) is 0.148. The minimum atomic E-state index is -2.93. The van der Waals surface area contributed by atoms with E-state index in [0.29, 0.717) is 90.9 Å². The number of hydrogen-bond donors (Lipinski definition) is 1. The molecule has 5 heterocycles. The SMILES string of the molecule is CN(C)C/C=C/C(=O)N1CCC(C(=O)N(C)CC(=O)N2CCN(c3nc(-c4cnc(N)nc4C(F)F)nc(N4CCOCC4)n3)CC2)CC1. The van der Waals surface area contributed by atoms with Crippen LogP contribution in [0.25, 0.3) is 11.4 Å². The lowest BCUT2D eigenvalue weighted by atomic mass is 9.95. The number of nitrogens with zero attached hydrogens (tertiary/aromatic N) is 11. The monoisotopic (exact) mass is 686 g/mol. The Hall–Kier alpha value is -4.58. The molecule has 16 nitrogen and oxygen atoms in total. The van der Waals surface area contributed by atoms with Gasteiger partial charge < -0.3 is 39.9 Å². The molecule has 2 N–H and O–H groups in total. The standard InChI is InChI=1S/C31H44F2N12O4/c1-40(2)8-4-5-23(46)42-9-6-21(7-10-42)28(48)41(3)20-24(47)43-11-13-44(14-12-43)30-37-27(22-19-35-29(34)36-25(22)26(32)33)38-31(39-30)45-15-17-49-18-16-45/h4-5,19,21,26H,6-18,20H2,1-3H3,(H2,34,35,36)/b5-4+. The van der Waals surface area contributed by atoms with E-state index in [1.807, 2.05) is 34.9 Å². The number of rotatable bonds is 10. The number of alkyl halides is 2. The van der Waals surface area contributed by atoms with E-state index >= 15 is 0 Å². The van der Waals surface area contributed by atoms with Crippen LogP contribution in [0.15, 0.2) is 18.3 Å². The zero-order valence-electron chi connectivity index (χ0n) is 28.2. The molecule has 3 aliphatic heterocycles. The lowest BCUT2D eigenvalue weighted by Gasteiger charge is -2.36.